The number of aromatic nitrogens is 1. The van der Waals surface area contributed by atoms with Gasteiger partial charge in [0.05, 0.1) is 0 Å². The zero-order valence-corrected chi connectivity index (χ0v) is 20.1. The number of anilines is 2. The maximum Gasteiger partial charge on any atom is 0.194 e. The van der Waals surface area contributed by atoms with Crippen molar-refractivity contribution in [1.29, 1.82) is 0 Å². The summed E-state index contributed by atoms with van der Waals surface area (Å²) in [6.07, 6.45) is 3.08. The van der Waals surface area contributed by atoms with E-state index >= 15 is 0 Å². The smallest absolute Gasteiger partial charge is 0.194 e. The predicted octanol–water partition coefficient (Wildman–Crippen LogP) is 3.31. The fraction of sp³-hybridized carbons (Fsp3) is 0.478. The summed E-state index contributed by atoms with van der Waals surface area (Å²) in [4.78, 5) is 16.7. The summed E-state index contributed by atoms with van der Waals surface area (Å²) >= 11 is 0. The molecule has 0 saturated carbocycles. The minimum Gasteiger partial charge on any atom is -0.371 e. The maximum atomic E-state index is 5.02. The van der Waals surface area contributed by atoms with Crippen LogP contribution in [0.3, 0.4) is 0 Å². The van der Waals surface area contributed by atoms with Crippen LogP contribution in [0.15, 0.2) is 59.7 Å². The second-order valence-electron chi connectivity index (χ2n) is 7.79. The van der Waals surface area contributed by atoms with E-state index in [9.17, 15) is 0 Å². The van der Waals surface area contributed by atoms with E-state index in [1.54, 1.807) is 0 Å². The molecule has 6 nitrogen and oxygen atoms in total. The van der Waals surface area contributed by atoms with Crippen LogP contribution in [0.1, 0.15) is 13.3 Å². The first kappa shape index (κ1) is 22.7. The van der Waals surface area contributed by atoms with Gasteiger partial charge in [0.25, 0.3) is 0 Å². The van der Waals surface area contributed by atoms with Crippen molar-refractivity contribution in [3.8, 4) is 0 Å². The fourth-order valence-electron chi connectivity index (χ4n) is 4.18. The Morgan fingerprint density at radius 2 is 1.77 bits per heavy atom. The highest BCUT2D eigenvalue weighted by Crippen LogP contribution is 2.23. The number of guanidine groups is 1. The number of para-hydroxylation sites is 1. The standard InChI is InChI=1S/C23H32N6.HI/c1-2-24-23(28-16-14-27(15-17-28)22-10-6-7-12-25-22)26-18-20-11-13-29(19-20)21-8-4-3-5-9-21;/h3-10,12,20H,2,11,13-19H2,1H3,(H,24,26);1H. The first-order valence-corrected chi connectivity index (χ1v) is 10.8. The Hall–Kier alpha value is -2.03. The van der Waals surface area contributed by atoms with Gasteiger partial charge in [-0.15, -0.1) is 24.0 Å². The van der Waals surface area contributed by atoms with Gasteiger partial charge < -0.3 is 20.0 Å². The van der Waals surface area contributed by atoms with E-state index in [1.807, 2.05) is 12.3 Å². The molecule has 2 aromatic rings. The zero-order chi connectivity index (χ0) is 19.9. The number of hydrogen-bond acceptors (Lipinski definition) is 4. The number of pyridine rings is 1. The summed E-state index contributed by atoms with van der Waals surface area (Å²) in [5.74, 6) is 2.76. The third kappa shape index (κ3) is 5.77. The summed E-state index contributed by atoms with van der Waals surface area (Å²) in [6.45, 7) is 10.1. The fourth-order valence-corrected chi connectivity index (χ4v) is 4.18. The normalized spacial score (nSPS) is 19.6. The molecule has 0 aliphatic carbocycles. The van der Waals surface area contributed by atoms with Crippen LogP contribution in [0, 0.1) is 5.92 Å². The highest BCUT2D eigenvalue weighted by Gasteiger charge is 2.24. The molecule has 2 aliphatic heterocycles. The average molecular weight is 520 g/mol. The van der Waals surface area contributed by atoms with Crippen LogP contribution in [0.2, 0.25) is 0 Å². The van der Waals surface area contributed by atoms with Crippen molar-refractivity contribution < 1.29 is 0 Å². The number of aliphatic imine (C=N–C) groups is 1. The topological polar surface area (TPSA) is 47.0 Å². The van der Waals surface area contributed by atoms with E-state index < -0.39 is 0 Å². The average Bonchev–Trinajstić information content (AvgIpc) is 3.27. The summed E-state index contributed by atoms with van der Waals surface area (Å²) in [7, 11) is 0. The van der Waals surface area contributed by atoms with Crippen LogP contribution in [-0.4, -0.2) is 68.2 Å². The number of benzene rings is 1. The molecular weight excluding hydrogens is 487 g/mol. The highest BCUT2D eigenvalue weighted by molar-refractivity contribution is 14.0. The minimum absolute atomic E-state index is 0. The lowest BCUT2D eigenvalue weighted by molar-refractivity contribution is 0.370. The molecule has 162 valence electrons. The van der Waals surface area contributed by atoms with Gasteiger partial charge in [0, 0.05) is 64.2 Å². The molecule has 7 heteroatoms. The number of rotatable bonds is 5. The van der Waals surface area contributed by atoms with E-state index in [0.29, 0.717) is 5.92 Å². The molecule has 1 aromatic heterocycles. The maximum absolute atomic E-state index is 5.02. The molecule has 2 fully saturated rings. The van der Waals surface area contributed by atoms with Crippen molar-refractivity contribution in [1.82, 2.24) is 15.2 Å². The van der Waals surface area contributed by atoms with Gasteiger partial charge in [-0.2, -0.15) is 0 Å². The number of nitrogens with one attached hydrogen (secondary N) is 1. The second-order valence-corrected chi connectivity index (χ2v) is 7.79. The Kier molecular flexibility index (Phi) is 8.60. The monoisotopic (exact) mass is 520 g/mol. The van der Waals surface area contributed by atoms with Gasteiger partial charge in [0.15, 0.2) is 5.96 Å². The van der Waals surface area contributed by atoms with E-state index in [2.05, 4.69) is 74.4 Å². The summed E-state index contributed by atoms with van der Waals surface area (Å²) in [5.41, 5.74) is 1.33. The van der Waals surface area contributed by atoms with Crippen LogP contribution in [0.4, 0.5) is 11.5 Å². The van der Waals surface area contributed by atoms with Crippen LogP contribution < -0.4 is 15.1 Å². The SMILES string of the molecule is CCNC(=NCC1CCN(c2ccccc2)C1)N1CCN(c2ccccn2)CC1.I. The minimum atomic E-state index is 0. The van der Waals surface area contributed by atoms with Gasteiger partial charge in [-0.1, -0.05) is 24.3 Å². The van der Waals surface area contributed by atoms with Crippen LogP contribution in [-0.2, 0) is 0 Å². The van der Waals surface area contributed by atoms with Gasteiger partial charge in [0.1, 0.15) is 5.82 Å². The number of piperazine rings is 1. The molecule has 30 heavy (non-hydrogen) atoms. The Morgan fingerprint density at radius 3 is 2.47 bits per heavy atom. The number of halogens is 1. The van der Waals surface area contributed by atoms with Gasteiger partial charge in [-0.05, 0) is 43.5 Å². The molecule has 0 amide bonds. The van der Waals surface area contributed by atoms with E-state index in [0.717, 1.165) is 64.1 Å². The van der Waals surface area contributed by atoms with Crippen LogP contribution in [0.5, 0.6) is 0 Å². The number of nitrogens with zero attached hydrogens (tertiary/aromatic N) is 5. The molecule has 2 saturated heterocycles. The van der Waals surface area contributed by atoms with Crippen LogP contribution >= 0.6 is 24.0 Å². The Morgan fingerprint density at radius 1 is 1.00 bits per heavy atom. The number of hydrogen-bond donors (Lipinski definition) is 1. The lowest BCUT2D eigenvalue weighted by atomic mass is 10.1. The first-order chi connectivity index (χ1) is 14.3. The van der Waals surface area contributed by atoms with E-state index in [-0.39, 0.29) is 24.0 Å². The molecule has 0 spiro atoms. The molecule has 2 aliphatic rings. The van der Waals surface area contributed by atoms with Crippen molar-refractivity contribution in [3.05, 3.63) is 54.7 Å². The lowest BCUT2D eigenvalue weighted by Gasteiger charge is -2.37. The third-order valence-corrected chi connectivity index (χ3v) is 5.79. The molecule has 1 aromatic carbocycles. The van der Waals surface area contributed by atoms with Crippen molar-refractivity contribution >= 4 is 41.4 Å². The quantitative estimate of drug-likeness (QED) is 0.373. The van der Waals surface area contributed by atoms with E-state index in [4.69, 9.17) is 4.99 Å². The molecule has 1 unspecified atom stereocenters. The molecule has 0 radical (unpaired) electrons. The highest BCUT2D eigenvalue weighted by atomic mass is 127. The Labute approximate surface area is 197 Å². The molecule has 1 atom stereocenters. The summed E-state index contributed by atoms with van der Waals surface area (Å²) in [5, 5.41) is 3.50. The molecule has 0 bridgehead atoms. The van der Waals surface area contributed by atoms with Gasteiger partial charge in [-0.3, -0.25) is 4.99 Å². The second kappa shape index (κ2) is 11.4. The van der Waals surface area contributed by atoms with Gasteiger partial charge in [-0.25, -0.2) is 4.98 Å². The van der Waals surface area contributed by atoms with Crippen molar-refractivity contribution in [2.24, 2.45) is 10.9 Å². The van der Waals surface area contributed by atoms with Crippen LogP contribution in [0.25, 0.3) is 0 Å². The van der Waals surface area contributed by atoms with Crippen molar-refractivity contribution in [2.75, 3.05) is 62.2 Å². The summed E-state index contributed by atoms with van der Waals surface area (Å²) < 4.78 is 0. The van der Waals surface area contributed by atoms with Gasteiger partial charge >= 0.3 is 0 Å². The largest absolute Gasteiger partial charge is 0.371 e. The molecule has 4 rings (SSSR count). The summed E-state index contributed by atoms with van der Waals surface area (Å²) in [6, 6.07) is 16.8. The third-order valence-electron chi connectivity index (χ3n) is 5.79. The molecule has 1 N–H and O–H groups in total. The van der Waals surface area contributed by atoms with Gasteiger partial charge in [0.2, 0.25) is 0 Å². The molecule has 3 heterocycles. The Bertz CT molecular complexity index is 777. The Balaban J connectivity index is 0.00000256. The van der Waals surface area contributed by atoms with Crippen molar-refractivity contribution in [2.45, 2.75) is 13.3 Å². The predicted molar refractivity (Wildman–Crippen MR) is 136 cm³/mol. The van der Waals surface area contributed by atoms with E-state index in [1.165, 1.54) is 12.1 Å². The van der Waals surface area contributed by atoms with Crippen molar-refractivity contribution in [3.63, 3.8) is 0 Å². The lowest BCUT2D eigenvalue weighted by Crippen LogP contribution is -2.52. The first-order valence-electron chi connectivity index (χ1n) is 10.8. The zero-order valence-electron chi connectivity index (χ0n) is 17.8. The molecular formula is C23H33IN6.